The summed E-state index contributed by atoms with van der Waals surface area (Å²) in [7, 11) is 1.86. The fraction of sp³-hybridized carbons (Fsp3) is 0.400. The molecular weight excluding hydrogens is 256 g/mol. The number of thiophene rings is 1. The molecule has 0 radical (unpaired) electrons. The summed E-state index contributed by atoms with van der Waals surface area (Å²) in [5, 5.41) is 5.10. The van der Waals surface area contributed by atoms with Crippen LogP contribution in [0.4, 0.5) is 0 Å². The Hall–Kier alpha value is -1.39. The monoisotopic (exact) mass is 276 g/mol. The second kappa shape index (κ2) is 6.17. The van der Waals surface area contributed by atoms with Crippen LogP contribution in [-0.2, 0) is 6.54 Å². The third kappa shape index (κ3) is 2.80. The van der Waals surface area contributed by atoms with E-state index in [1.165, 1.54) is 0 Å². The molecule has 1 unspecified atom stereocenters. The summed E-state index contributed by atoms with van der Waals surface area (Å²) in [6.07, 6.45) is 0.946. The summed E-state index contributed by atoms with van der Waals surface area (Å²) in [5.74, 6) is 0. The highest BCUT2D eigenvalue weighted by Gasteiger charge is 2.14. The van der Waals surface area contributed by atoms with Crippen LogP contribution in [0.25, 0.3) is 10.6 Å². The fourth-order valence-electron chi connectivity index (χ4n) is 2.17. The highest BCUT2D eigenvalue weighted by molar-refractivity contribution is 7.13. The van der Waals surface area contributed by atoms with E-state index < -0.39 is 0 Å². The first-order valence-electron chi connectivity index (χ1n) is 6.62. The molecule has 3 nitrogen and oxygen atoms in total. The smallest absolute Gasteiger partial charge is 0.255 e. The zero-order valence-corrected chi connectivity index (χ0v) is 12.5. The molecule has 0 bridgehead atoms. The Morgan fingerprint density at radius 3 is 2.74 bits per heavy atom. The van der Waals surface area contributed by atoms with Gasteiger partial charge >= 0.3 is 0 Å². The van der Waals surface area contributed by atoms with E-state index in [0.717, 1.165) is 22.6 Å². The summed E-state index contributed by atoms with van der Waals surface area (Å²) in [6, 6.07) is 8.29. The van der Waals surface area contributed by atoms with Crippen LogP contribution in [0.3, 0.4) is 0 Å². The van der Waals surface area contributed by atoms with Gasteiger partial charge in [0.25, 0.3) is 5.56 Å². The van der Waals surface area contributed by atoms with Crippen LogP contribution in [0, 0.1) is 0 Å². The maximum atomic E-state index is 12.6. The molecule has 2 aromatic heterocycles. The standard InChI is InChI=1S/C15H20N2OS/c1-4-11(2)17-13(14-6-5-9-19-14)8-7-12(10-16-3)15(17)18/h5-9,11,16H,4,10H2,1-3H3. The minimum atomic E-state index is 0.120. The predicted octanol–water partition coefficient (Wildman–Crippen LogP) is 3.27. The lowest BCUT2D eigenvalue weighted by atomic mass is 10.1. The molecule has 0 aliphatic carbocycles. The van der Waals surface area contributed by atoms with E-state index in [2.05, 4.69) is 31.3 Å². The van der Waals surface area contributed by atoms with Crippen molar-refractivity contribution >= 4 is 11.3 Å². The molecule has 0 saturated carbocycles. The zero-order chi connectivity index (χ0) is 13.8. The molecule has 1 N–H and O–H groups in total. The van der Waals surface area contributed by atoms with Crippen LogP contribution in [0.1, 0.15) is 31.9 Å². The summed E-state index contributed by atoms with van der Waals surface area (Å²) >= 11 is 1.67. The van der Waals surface area contributed by atoms with Crippen molar-refractivity contribution in [2.75, 3.05) is 7.05 Å². The van der Waals surface area contributed by atoms with Crippen LogP contribution >= 0.6 is 11.3 Å². The van der Waals surface area contributed by atoms with Crippen molar-refractivity contribution in [2.24, 2.45) is 0 Å². The van der Waals surface area contributed by atoms with Gasteiger partial charge in [0.05, 0.1) is 10.6 Å². The number of pyridine rings is 1. The lowest BCUT2D eigenvalue weighted by molar-refractivity contribution is 0.515. The molecule has 0 aromatic carbocycles. The molecule has 0 aliphatic rings. The van der Waals surface area contributed by atoms with Gasteiger partial charge in [0.1, 0.15) is 0 Å². The fourth-order valence-corrected chi connectivity index (χ4v) is 2.91. The van der Waals surface area contributed by atoms with Crippen molar-refractivity contribution in [1.82, 2.24) is 9.88 Å². The Kier molecular flexibility index (Phi) is 4.56. The minimum Gasteiger partial charge on any atom is -0.315 e. The van der Waals surface area contributed by atoms with Crippen LogP contribution in [0.5, 0.6) is 0 Å². The average molecular weight is 276 g/mol. The van der Waals surface area contributed by atoms with Gasteiger partial charge in [-0.2, -0.15) is 0 Å². The quantitative estimate of drug-likeness (QED) is 0.909. The van der Waals surface area contributed by atoms with E-state index in [4.69, 9.17) is 0 Å². The van der Waals surface area contributed by atoms with Crippen molar-refractivity contribution in [2.45, 2.75) is 32.9 Å². The van der Waals surface area contributed by atoms with Crippen molar-refractivity contribution < 1.29 is 0 Å². The van der Waals surface area contributed by atoms with Gasteiger partial charge in [-0.25, -0.2) is 0 Å². The zero-order valence-electron chi connectivity index (χ0n) is 11.6. The van der Waals surface area contributed by atoms with Gasteiger partial charge in [0, 0.05) is 18.2 Å². The number of rotatable bonds is 5. The molecule has 0 aliphatic heterocycles. The SMILES string of the molecule is CCC(C)n1c(-c2cccs2)ccc(CNC)c1=O. The third-order valence-corrected chi connectivity index (χ3v) is 4.26. The van der Waals surface area contributed by atoms with Gasteiger partial charge in [0.2, 0.25) is 0 Å². The van der Waals surface area contributed by atoms with Gasteiger partial charge in [0.15, 0.2) is 0 Å². The normalized spacial score (nSPS) is 12.6. The number of hydrogen-bond acceptors (Lipinski definition) is 3. The number of hydrogen-bond donors (Lipinski definition) is 1. The van der Waals surface area contributed by atoms with Gasteiger partial charge in [-0.15, -0.1) is 11.3 Å². The van der Waals surface area contributed by atoms with E-state index in [1.807, 2.05) is 29.1 Å². The first kappa shape index (κ1) is 14.0. The molecule has 0 amide bonds. The summed E-state index contributed by atoms with van der Waals surface area (Å²) < 4.78 is 1.93. The molecule has 0 fully saturated rings. The molecule has 0 saturated heterocycles. The van der Waals surface area contributed by atoms with E-state index >= 15 is 0 Å². The highest BCUT2D eigenvalue weighted by Crippen LogP contribution is 2.26. The van der Waals surface area contributed by atoms with Gasteiger partial charge in [-0.05, 0) is 37.9 Å². The lowest BCUT2D eigenvalue weighted by Gasteiger charge is -2.19. The average Bonchev–Trinajstić information content (AvgIpc) is 2.94. The van der Waals surface area contributed by atoms with Crippen molar-refractivity contribution in [3.8, 4) is 10.6 Å². The largest absolute Gasteiger partial charge is 0.315 e. The second-order valence-corrected chi connectivity index (χ2v) is 5.63. The van der Waals surface area contributed by atoms with E-state index in [-0.39, 0.29) is 11.6 Å². The van der Waals surface area contributed by atoms with Crippen LogP contribution in [0.15, 0.2) is 34.4 Å². The Labute approximate surface area is 117 Å². The van der Waals surface area contributed by atoms with Crippen molar-refractivity contribution in [1.29, 1.82) is 0 Å². The van der Waals surface area contributed by atoms with Crippen molar-refractivity contribution in [3.63, 3.8) is 0 Å². The Morgan fingerprint density at radius 1 is 1.37 bits per heavy atom. The third-order valence-electron chi connectivity index (χ3n) is 3.37. The summed E-state index contributed by atoms with van der Waals surface area (Å²) in [5.41, 5.74) is 1.96. The second-order valence-electron chi connectivity index (χ2n) is 4.68. The molecule has 19 heavy (non-hydrogen) atoms. The van der Waals surface area contributed by atoms with Crippen LogP contribution < -0.4 is 10.9 Å². The lowest BCUT2D eigenvalue weighted by Crippen LogP contribution is -2.29. The van der Waals surface area contributed by atoms with E-state index in [1.54, 1.807) is 11.3 Å². The number of nitrogens with one attached hydrogen (secondary N) is 1. The van der Waals surface area contributed by atoms with Gasteiger partial charge < -0.3 is 9.88 Å². The number of aromatic nitrogens is 1. The predicted molar refractivity (Wildman–Crippen MR) is 81.8 cm³/mol. The molecule has 2 rings (SSSR count). The summed E-state index contributed by atoms with van der Waals surface area (Å²) in [4.78, 5) is 13.7. The minimum absolute atomic E-state index is 0.120. The van der Waals surface area contributed by atoms with Gasteiger partial charge in [-0.1, -0.05) is 19.1 Å². The maximum absolute atomic E-state index is 12.6. The molecule has 102 valence electrons. The molecule has 0 spiro atoms. The van der Waals surface area contributed by atoms with Crippen LogP contribution in [-0.4, -0.2) is 11.6 Å². The van der Waals surface area contributed by atoms with E-state index in [0.29, 0.717) is 6.54 Å². The first-order chi connectivity index (χ1) is 9.19. The highest BCUT2D eigenvalue weighted by atomic mass is 32.1. The topological polar surface area (TPSA) is 34.0 Å². The molecule has 1 atom stereocenters. The molecule has 2 aromatic rings. The Bertz CT molecular complexity index is 587. The number of nitrogens with zero attached hydrogens (tertiary/aromatic N) is 1. The Morgan fingerprint density at radius 2 is 2.16 bits per heavy atom. The van der Waals surface area contributed by atoms with E-state index in [9.17, 15) is 4.79 Å². The molecular formula is C15H20N2OS. The van der Waals surface area contributed by atoms with Crippen molar-refractivity contribution in [3.05, 3.63) is 45.6 Å². The Balaban J connectivity index is 2.61. The molecule has 4 heteroatoms. The first-order valence-corrected chi connectivity index (χ1v) is 7.49. The maximum Gasteiger partial charge on any atom is 0.255 e. The van der Waals surface area contributed by atoms with Gasteiger partial charge in [-0.3, -0.25) is 4.79 Å². The molecule has 2 heterocycles. The van der Waals surface area contributed by atoms with Crippen LogP contribution in [0.2, 0.25) is 0 Å². The summed E-state index contributed by atoms with van der Waals surface area (Å²) in [6.45, 7) is 4.82.